The molecule has 0 bridgehead atoms. The standard InChI is InChI=1S/2C10H15N.C8H16.C6H14/c1-10(2,3)8-9-4-6-11-7-5-9;1-10(2,3)8-9-6-4-5-7-11-9;1-5-6-7-8(2,3)4;1-5-6(2,3)4/h2*4-7H,8H2,1-3H3;5-6H,7H2,1-4H3;5H2,1-4H3/b;;6-5+;. The van der Waals surface area contributed by atoms with E-state index in [-0.39, 0.29) is 0 Å². The molecule has 2 heterocycles. The summed E-state index contributed by atoms with van der Waals surface area (Å²) in [5.41, 5.74) is 4.27. The van der Waals surface area contributed by atoms with E-state index in [1.165, 1.54) is 24.1 Å². The normalized spacial score (nSPS) is 11.9. The Morgan fingerprint density at radius 2 is 1.14 bits per heavy atom. The Hall–Kier alpha value is -1.96. The molecule has 0 saturated carbocycles. The van der Waals surface area contributed by atoms with Crippen LogP contribution < -0.4 is 0 Å². The van der Waals surface area contributed by atoms with Crippen molar-refractivity contribution in [3.05, 3.63) is 72.3 Å². The first-order chi connectivity index (χ1) is 16.3. The van der Waals surface area contributed by atoms with E-state index in [1.807, 2.05) is 30.7 Å². The Morgan fingerprint density at radius 1 is 0.639 bits per heavy atom. The highest BCUT2D eigenvalue weighted by Gasteiger charge is 2.11. The molecular formula is C34H60N2. The van der Waals surface area contributed by atoms with Crippen molar-refractivity contribution in [3.8, 4) is 0 Å². The smallest absolute Gasteiger partial charge is 0.0408 e. The first kappa shape index (κ1) is 36.2. The molecule has 0 radical (unpaired) electrons. The van der Waals surface area contributed by atoms with Gasteiger partial charge in [-0.2, -0.15) is 0 Å². The molecule has 0 spiro atoms. The molecule has 2 nitrogen and oxygen atoms in total. The summed E-state index contributed by atoms with van der Waals surface area (Å²) in [6.07, 6.45) is 14.5. The second-order valence-electron chi connectivity index (χ2n) is 14.4. The minimum Gasteiger partial charge on any atom is -0.265 e. The minimum atomic E-state index is 0.342. The number of aromatic nitrogens is 2. The molecule has 2 heteroatoms. The zero-order valence-corrected chi connectivity index (χ0v) is 26.5. The topological polar surface area (TPSA) is 25.8 Å². The Kier molecular flexibility index (Phi) is 17.6. The van der Waals surface area contributed by atoms with E-state index in [9.17, 15) is 0 Å². The molecule has 0 aliphatic rings. The molecule has 2 aromatic rings. The highest BCUT2D eigenvalue weighted by Crippen LogP contribution is 2.20. The van der Waals surface area contributed by atoms with E-state index in [0.29, 0.717) is 21.7 Å². The fraction of sp³-hybridized carbons (Fsp3) is 0.647. The van der Waals surface area contributed by atoms with Gasteiger partial charge in [0.25, 0.3) is 0 Å². The Morgan fingerprint density at radius 3 is 1.44 bits per heavy atom. The number of hydrogen-bond acceptors (Lipinski definition) is 2. The van der Waals surface area contributed by atoms with Gasteiger partial charge in [0.15, 0.2) is 0 Å². The van der Waals surface area contributed by atoms with Crippen LogP contribution in [0.3, 0.4) is 0 Å². The third-order valence-electron chi connectivity index (χ3n) is 4.95. The highest BCUT2D eigenvalue weighted by atomic mass is 14.7. The van der Waals surface area contributed by atoms with E-state index >= 15 is 0 Å². The molecule has 0 N–H and O–H groups in total. The number of rotatable bonds is 3. The summed E-state index contributed by atoms with van der Waals surface area (Å²) in [7, 11) is 0. The van der Waals surface area contributed by atoms with Crippen molar-refractivity contribution in [2.24, 2.45) is 21.7 Å². The van der Waals surface area contributed by atoms with Gasteiger partial charge in [-0.15, -0.1) is 0 Å². The molecule has 0 fully saturated rings. The summed E-state index contributed by atoms with van der Waals surface area (Å²) < 4.78 is 0. The van der Waals surface area contributed by atoms with Crippen LogP contribution in [-0.2, 0) is 12.8 Å². The van der Waals surface area contributed by atoms with Crippen molar-refractivity contribution in [2.75, 3.05) is 0 Å². The minimum absolute atomic E-state index is 0.342. The monoisotopic (exact) mass is 496 g/mol. The maximum absolute atomic E-state index is 4.26. The first-order valence-electron chi connectivity index (χ1n) is 13.7. The Labute approximate surface area is 226 Å². The molecular weight excluding hydrogens is 436 g/mol. The summed E-state index contributed by atoms with van der Waals surface area (Å²) in [5, 5.41) is 0. The maximum atomic E-state index is 4.26. The lowest BCUT2D eigenvalue weighted by molar-refractivity contribution is 0.398. The fourth-order valence-electron chi connectivity index (χ4n) is 2.63. The predicted molar refractivity (Wildman–Crippen MR) is 163 cm³/mol. The van der Waals surface area contributed by atoms with E-state index in [0.717, 1.165) is 12.8 Å². The van der Waals surface area contributed by atoms with Crippen molar-refractivity contribution in [3.63, 3.8) is 0 Å². The van der Waals surface area contributed by atoms with Crippen molar-refractivity contribution < 1.29 is 0 Å². The molecule has 0 saturated heterocycles. The molecule has 2 rings (SSSR count). The van der Waals surface area contributed by atoms with Gasteiger partial charge in [-0.25, -0.2) is 0 Å². The van der Waals surface area contributed by atoms with Crippen LogP contribution in [0.4, 0.5) is 0 Å². The lowest BCUT2D eigenvalue weighted by atomic mass is 9.89. The Bertz CT molecular complexity index is 726. The molecule has 36 heavy (non-hydrogen) atoms. The van der Waals surface area contributed by atoms with Crippen LogP contribution in [0.5, 0.6) is 0 Å². The van der Waals surface area contributed by atoms with E-state index in [1.54, 1.807) is 0 Å². The van der Waals surface area contributed by atoms with Crippen molar-refractivity contribution in [1.82, 2.24) is 9.97 Å². The zero-order chi connectivity index (χ0) is 28.5. The van der Waals surface area contributed by atoms with E-state index in [4.69, 9.17) is 0 Å². The van der Waals surface area contributed by atoms with Gasteiger partial charge in [0.2, 0.25) is 0 Å². The lowest BCUT2D eigenvalue weighted by Gasteiger charge is -2.17. The molecule has 0 atom stereocenters. The molecule has 0 aliphatic carbocycles. The lowest BCUT2D eigenvalue weighted by Crippen LogP contribution is -2.09. The number of allylic oxidation sites excluding steroid dienone is 2. The Balaban J connectivity index is 0. The van der Waals surface area contributed by atoms with Crippen molar-refractivity contribution in [1.29, 1.82) is 0 Å². The van der Waals surface area contributed by atoms with Crippen molar-refractivity contribution >= 4 is 0 Å². The predicted octanol–water partition coefficient (Wildman–Crippen LogP) is 10.8. The molecule has 0 unspecified atom stereocenters. The second-order valence-corrected chi connectivity index (χ2v) is 14.4. The first-order valence-corrected chi connectivity index (χ1v) is 13.7. The second kappa shape index (κ2) is 17.5. The molecule has 206 valence electrons. The van der Waals surface area contributed by atoms with Gasteiger partial charge in [0, 0.05) is 24.3 Å². The summed E-state index contributed by atoms with van der Waals surface area (Å²) in [5.74, 6) is 0. The van der Waals surface area contributed by atoms with Crippen LogP contribution in [-0.4, -0.2) is 9.97 Å². The largest absolute Gasteiger partial charge is 0.265 e. The molecule has 0 aromatic carbocycles. The third-order valence-corrected chi connectivity index (χ3v) is 4.95. The SMILES string of the molecule is C/C=C/CC(C)(C)C.CC(C)(C)Cc1ccccn1.CC(C)(C)Cc1ccncc1.CCC(C)(C)C. The number of nitrogens with zero attached hydrogens (tertiary/aromatic N) is 2. The van der Waals surface area contributed by atoms with Gasteiger partial charge in [-0.1, -0.05) is 115 Å². The molecule has 2 aromatic heterocycles. The van der Waals surface area contributed by atoms with Gasteiger partial charge in [0.1, 0.15) is 0 Å². The average molecular weight is 497 g/mol. The number of hydrogen-bond donors (Lipinski definition) is 0. The van der Waals surface area contributed by atoms with Crippen LogP contribution in [0.15, 0.2) is 61.1 Å². The quantitative estimate of drug-likeness (QED) is 0.395. The van der Waals surface area contributed by atoms with Gasteiger partial charge in [-0.05, 0) is 77.7 Å². The van der Waals surface area contributed by atoms with Crippen LogP contribution in [0.2, 0.25) is 0 Å². The summed E-state index contributed by atoms with van der Waals surface area (Å²) >= 11 is 0. The van der Waals surface area contributed by atoms with E-state index in [2.05, 4.69) is 137 Å². The van der Waals surface area contributed by atoms with Crippen LogP contribution >= 0.6 is 0 Å². The zero-order valence-electron chi connectivity index (χ0n) is 26.5. The summed E-state index contributed by atoms with van der Waals surface area (Å²) in [6.45, 7) is 31.1. The van der Waals surface area contributed by atoms with Gasteiger partial charge in [0.05, 0.1) is 0 Å². The fourth-order valence-corrected chi connectivity index (χ4v) is 2.63. The van der Waals surface area contributed by atoms with Crippen LogP contribution in [0.25, 0.3) is 0 Å². The summed E-state index contributed by atoms with van der Waals surface area (Å²) in [4.78, 5) is 8.24. The average Bonchev–Trinajstić information content (AvgIpc) is 2.72. The maximum Gasteiger partial charge on any atom is 0.0408 e. The number of pyridine rings is 2. The van der Waals surface area contributed by atoms with Crippen LogP contribution in [0, 0.1) is 21.7 Å². The van der Waals surface area contributed by atoms with Gasteiger partial charge < -0.3 is 0 Å². The highest BCUT2D eigenvalue weighted by molar-refractivity contribution is 5.11. The van der Waals surface area contributed by atoms with Gasteiger partial charge in [-0.3, -0.25) is 9.97 Å². The van der Waals surface area contributed by atoms with Crippen LogP contribution in [0.1, 0.15) is 121 Å². The molecule has 0 amide bonds. The molecule has 0 aliphatic heterocycles. The van der Waals surface area contributed by atoms with Gasteiger partial charge >= 0.3 is 0 Å². The third kappa shape index (κ3) is 30.1. The van der Waals surface area contributed by atoms with E-state index < -0.39 is 0 Å². The summed E-state index contributed by atoms with van der Waals surface area (Å²) in [6, 6.07) is 10.2. The van der Waals surface area contributed by atoms with Crippen molar-refractivity contribution in [2.45, 2.75) is 123 Å².